The third-order valence-corrected chi connectivity index (χ3v) is 3.96. The molecule has 0 saturated heterocycles. The lowest BCUT2D eigenvalue weighted by atomic mass is 10.2. The normalized spacial score (nSPS) is 10.1. The fourth-order valence-corrected chi connectivity index (χ4v) is 2.56. The van der Waals surface area contributed by atoms with Crippen LogP contribution in [0, 0.1) is 0 Å². The number of carbonyl (C=O) groups is 1. The molecule has 6 nitrogen and oxygen atoms in total. The summed E-state index contributed by atoms with van der Waals surface area (Å²) < 4.78 is 11.2. The van der Waals surface area contributed by atoms with E-state index >= 15 is 0 Å². The molecule has 1 heterocycles. The first-order valence-electron chi connectivity index (χ1n) is 8.52. The second-order valence-electron chi connectivity index (χ2n) is 5.73. The van der Waals surface area contributed by atoms with E-state index in [1.165, 1.54) is 0 Å². The Morgan fingerprint density at radius 2 is 1.74 bits per heavy atom. The maximum atomic E-state index is 11.9. The molecule has 0 aliphatic rings. The molecule has 0 saturated carbocycles. The van der Waals surface area contributed by atoms with E-state index in [4.69, 9.17) is 9.47 Å². The number of amides is 1. The van der Waals surface area contributed by atoms with E-state index in [2.05, 4.69) is 15.6 Å². The van der Waals surface area contributed by atoms with Crippen LogP contribution in [-0.2, 0) is 6.54 Å². The van der Waals surface area contributed by atoms with Crippen molar-refractivity contribution >= 4 is 11.7 Å². The average Bonchev–Trinajstić information content (AvgIpc) is 2.73. The number of anilines is 1. The Balaban J connectivity index is 1.66. The summed E-state index contributed by atoms with van der Waals surface area (Å²) >= 11 is 0. The summed E-state index contributed by atoms with van der Waals surface area (Å²) in [4.78, 5) is 16.1. The summed E-state index contributed by atoms with van der Waals surface area (Å²) in [6.45, 7) is 0.538. The summed E-state index contributed by atoms with van der Waals surface area (Å²) in [6, 6.07) is 18.7. The van der Waals surface area contributed by atoms with Gasteiger partial charge in [0.1, 0.15) is 11.6 Å². The minimum absolute atomic E-state index is 0.175. The van der Waals surface area contributed by atoms with Gasteiger partial charge in [-0.1, -0.05) is 24.3 Å². The third-order valence-electron chi connectivity index (χ3n) is 3.96. The molecule has 2 N–H and O–H groups in total. The molecule has 0 unspecified atom stereocenters. The molecular formula is C21H21N3O3. The number of para-hydroxylation sites is 2. The lowest BCUT2D eigenvalue weighted by Gasteiger charge is -2.12. The predicted octanol–water partition coefficient (Wildman–Crippen LogP) is 3.85. The molecule has 0 radical (unpaired) electrons. The van der Waals surface area contributed by atoms with E-state index in [0.29, 0.717) is 35.2 Å². The third kappa shape index (κ3) is 4.55. The summed E-state index contributed by atoms with van der Waals surface area (Å²) in [7, 11) is 3.21. The van der Waals surface area contributed by atoms with Gasteiger partial charge >= 0.3 is 0 Å². The Hall–Kier alpha value is -3.54. The van der Waals surface area contributed by atoms with Crippen molar-refractivity contribution in [2.24, 2.45) is 0 Å². The molecule has 27 heavy (non-hydrogen) atoms. The maximum absolute atomic E-state index is 11.9. The first-order chi connectivity index (χ1) is 13.2. The van der Waals surface area contributed by atoms with E-state index in [-0.39, 0.29) is 5.91 Å². The minimum Gasteiger partial charge on any atom is -0.493 e. The number of hydrogen-bond donors (Lipinski definition) is 2. The number of carbonyl (C=O) groups excluding carboxylic acids is 1. The van der Waals surface area contributed by atoms with Crippen LogP contribution in [0.4, 0.5) is 5.82 Å². The summed E-state index contributed by atoms with van der Waals surface area (Å²) in [5.41, 5.74) is 1.55. The zero-order valence-corrected chi connectivity index (χ0v) is 15.2. The average molecular weight is 363 g/mol. The molecule has 2 aromatic carbocycles. The van der Waals surface area contributed by atoms with E-state index in [1.54, 1.807) is 32.5 Å². The number of hydrogen-bond acceptors (Lipinski definition) is 5. The van der Waals surface area contributed by atoms with Crippen molar-refractivity contribution in [2.45, 2.75) is 6.54 Å². The number of rotatable bonds is 7. The van der Waals surface area contributed by atoms with Gasteiger partial charge in [0.15, 0.2) is 11.5 Å². The smallest absolute Gasteiger partial charge is 0.254 e. The molecule has 1 amide bonds. The van der Waals surface area contributed by atoms with Crippen LogP contribution in [0.2, 0.25) is 0 Å². The molecule has 0 atom stereocenters. The Kier molecular flexibility index (Phi) is 5.89. The number of aromatic nitrogens is 1. The lowest BCUT2D eigenvalue weighted by molar-refractivity contribution is 0.0963. The lowest BCUT2D eigenvalue weighted by Crippen LogP contribution is -2.20. The summed E-state index contributed by atoms with van der Waals surface area (Å²) in [6.07, 6.45) is 1.65. The number of pyridine rings is 1. The van der Waals surface area contributed by atoms with Crippen LogP contribution >= 0.6 is 0 Å². The quantitative estimate of drug-likeness (QED) is 0.667. The SMILES string of the molecule is CNC(=O)c1cccnc1NCc1ccc(Oc2ccccc2OC)cc1. The molecule has 138 valence electrons. The topological polar surface area (TPSA) is 72.5 Å². The molecule has 0 fully saturated rings. The Morgan fingerprint density at radius 3 is 2.44 bits per heavy atom. The van der Waals surface area contributed by atoms with Gasteiger partial charge in [-0.15, -0.1) is 0 Å². The summed E-state index contributed by atoms with van der Waals surface area (Å²) in [5, 5.41) is 5.81. The number of ether oxygens (including phenoxy) is 2. The van der Waals surface area contributed by atoms with Crippen molar-refractivity contribution in [3.05, 3.63) is 78.0 Å². The van der Waals surface area contributed by atoms with Gasteiger partial charge < -0.3 is 20.1 Å². The molecule has 0 spiro atoms. The van der Waals surface area contributed by atoms with Gasteiger partial charge in [-0.3, -0.25) is 4.79 Å². The highest BCUT2D eigenvalue weighted by molar-refractivity contribution is 5.98. The molecule has 0 bridgehead atoms. The van der Waals surface area contributed by atoms with Crippen LogP contribution in [0.3, 0.4) is 0 Å². The van der Waals surface area contributed by atoms with E-state index in [9.17, 15) is 4.79 Å². The zero-order chi connectivity index (χ0) is 19.1. The van der Waals surface area contributed by atoms with Gasteiger partial charge in [0, 0.05) is 19.8 Å². The van der Waals surface area contributed by atoms with Crippen molar-refractivity contribution in [2.75, 3.05) is 19.5 Å². The van der Waals surface area contributed by atoms with Crippen LogP contribution in [-0.4, -0.2) is 25.0 Å². The monoisotopic (exact) mass is 363 g/mol. The molecular weight excluding hydrogens is 342 g/mol. The van der Waals surface area contributed by atoms with Gasteiger partial charge in [-0.2, -0.15) is 0 Å². The van der Waals surface area contributed by atoms with Crippen LogP contribution in [0.5, 0.6) is 17.2 Å². The minimum atomic E-state index is -0.175. The van der Waals surface area contributed by atoms with Crippen LogP contribution in [0.1, 0.15) is 15.9 Å². The number of nitrogens with zero attached hydrogens (tertiary/aromatic N) is 1. The van der Waals surface area contributed by atoms with Gasteiger partial charge in [-0.05, 0) is 42.0 Å². The molecule has 1 aromatic heterocycles. The number of nitrogens with one attached hydrogen (secondary N) is 2. The molecule has 0 aliphatic carbocycles. The molecule has 3 aromatic rings. The zero-order valence-electron chi connectivity index (χ0n) is 15.2. The predicted molar refractivity (Wildman–Crippen MR) is 104 cm³/mol. The highest BCUT2D eigenvalue weighted by Crippen LogP contribution is 2.30. The van der Waals surface area contributed by atoms with Gasteiger partial charge in [-0.25, -0.2) is 4.98 Å². The van der Waals surface area contributed by atoms with Crippen molar-refractivity contribution < 1.29 is 14.3 Å². The Morgan fingerprint density at radius 1 is 1.00 bits per heavy atom. The summed E-state index contributed by atoms with van der Waals surface area (Å²) in [5.74, 6) is 2.43. The van der Waals surface area contributed by atoms with E-state index in [1.807, 2.05) is 48.5 Å². The van der Waals surface area contributed by atoms with E-state index in [0.717, 1.165) is 5.56 Å². The van der Waals surface area contributed by atoms with Crippen LogP contribution in [0.25, 0.3) is 0 Å². The number of methoxy groups -OCH3 is 1. The Labute approximate surface area is 158 Å². The standard InChI is InChI=1S/C21H21N3O3/c1-22-21(25)17-6-5-13-23-20(17)24-14-15-9-11-16(12-10-15)27-19-8-4-3-7-18(19)26-2/h3-13H,14H2,1-2H3,(H,22,25)(H,23,24). The van der Waals surface area contributed by atoms with Gasteiger partial charge in [0.25, 0.3) is 5.91 Å². The number of benzene rings is 2. The highest BCUT2D eigenvalue weighted by Gasteiger charge is 2.10. The second-order valence-corrected chi connectivity index (χ2v) is 5.73. The van der Waals surface area contributed by atoms with Crippen molar-refractivity contribution in [1.82, 2.24) is 10.3 Å². The van der Waals surface area contributed by atoms with Crippen molar-refractivity contribution in [3.63, 3.8) is 0 Å². The highest BCUT2D eigenvalue weighted by atomic mass is 16.5. The second kappa shape index (κ2) is 8.71. The molecule has 0 aliphatic heterocycles. The molecule has 6 heteroatoms. The Bertz CT molecular complexity index is 911. The van der Waals surface area contributed by atoms with E-state index < -0.39 is 0 Å². The molecule has 3 rings (SSSR count). The maximum Gasteiger partial charge on any atom is 0.254 e. The fraction of sp³-hybridized carbons (Fsp3) is 0.143. The van der Waals surface area contributed by atoms with Gasteiger partial charge in [0.2, 0.25) is 0 Å². The van der Waals surface area contributed by atoms with Crippen LogP contribution in [0.15, 0.2) is 66.9 Å². The van der Waals surface area contributed by atoms with Crippen molar-refractivity contribution in [3.8, 4) is 17.2 Å². The first kappa shape index (κ1) is 18.3. The first-order valence-corrected chi connectivity index (χ1v) is 8.52. The largest absolute Gasteiger partial charge is 0.493 e. The fourth-order valence-electron chi connectivity index (χ4n) is 2.56. The van der Waals surface area contributed by atoms with Crippen LogP contribution < -0.4 is 20.1 Å². The van der Waals surface area contributed by atoms with Crippen molar-refractivity contribution in [1.29, 1.82) is 0 Å². The van der Waals surface area contributed by atoms with Gasteiger partial charge in [0.05, 0.1) is 12.7 Å².